The molecule has 2 amide bonds. The summed E-state index contributed by atoms with van der Waals surface area (Å²) in [6.07, 6.45) is -0.926. The van der Waals surface area contributed by atoms with Crippen LogP contribution in [0, 0.1) is 5.92 Å². The normalized spacial score (nSPS) is 21.6. The fourth-order valence-corrected chi connectivity index (χ4v) is 6.93. The van der Waals surface area contributed by atoms with Crippen molar-refractivity contribution in [2.45, 2.75) is 76.5 Å². The van der Waals surface area contributed by atoms with Gasteiger partial charge in [-0.3, -0.25) is 14.2 Å². The Morgan fingerprint density at radius 1 is 0.940 bits per heavy atom. The monoisotopic (exact) mass is 684 g/mol. The maximum absolute atomic E-state index is 13.6. The third-order valence-corrected chi connectivity index (χ3v) is 9.84. The molecule has 4 aromatic rings. The zero-order chi connectivity index (χ0) is 35.2. The molecule has 2 saturated heterocycles. The van der Waals surface area contributed by atoms with E-state index >= 15 is 0 Å². The Bertz CT molecular complexity index is 1690. The van der Waals surface area contributed by atoms with E-state index in [1.54, 1.807) is 6.92 Å². The number of carbonyl (C=O) groups is 2. The van der Waals surface area contributed by atoms with Gasteiger partial charge in [0.15, 0.2) is 29.3 Å². The van der Waals surface area contributed by atoms with Crippen LogP contribution in [-0.4, -0.2) is 104 Å². The van der Waals surface area contributed by atoms with Gasteiger partial charge in [0.25, 0.3) is 11.8 Å². The molecule has 0 radical (unpaired) electrons. The molecule has 2 aromatic heterocycles. The number of likely N-dealkylation sites (tertiary alicyclic amines) is 1. The SMILES string of the molecule is CCNC(=O)[C@H]1O[C@@H](n2cnc3c(NCC(c4ccccc4)c4ccccc4)nc(C(=O)NCCC4CCN(C(C)C)CC4)nc32)[C@H](O)[C@@H]1O. The number of piperidine rings is 1. The van der Waals surface area contributed by atoms with Crippen molar-refractivity contribution in [1.29, 1.82) is 0 Å². The molecule has 2 aliphatic heterocycles. The van der Waals surface area contributed by atoms with E-state index in [9.17, 15) is 19.8 Å². The van der Waals surface area contributed by atoms with E-state index in [0.29, 0.717) is 42.9 Å². The van der Waals surface area contributed by atoms with Gasteiger partial charge in [0.05, 0.1) is 6.33 Å². The summed E-state index contributed by atoms with van der Waals surface area (Å²) in [6, 6.07) is 20.8. The number of nitrogens with zero attached hydrogens (tertiary/aromatic N) is 5. The van der Waals surface area contributed by atoms with E-state index in [-0.39, 0.29) is 17.4 Å². The number of likely N-dealkylation sites (N-methyl/N-ethyl adjacent to an activating group) is 1. The molecule has 0 unspecified atom stereocenters. The first-order chi connectivity index (χ1) is 24.2. The zero-order valence-electron chi connectivity index (χ0n) is 28.9. The second kappa shape index (κ2) is 16.1. The van der Waals surface area contributed by atoms with Gasteiger partial charge in [0, 0.05) is 31.6 Å². The number of nitrogens with one attached hydrogen (secondary N) is 3. The minimum atomic E-state index is -1.48. The topological polar surface area (TPSA) is 167 Å². The maximum Gasteiger partial charge on any atom is 0.289 e. The quantitative estimate of drug-likeness (QED) is 0.141. The van der Waals surface area contributed by atoms with Gasteiger partial charge in [-0.1, -0.05) is 60.7 Å². The van der Waals surface area contributed by atoms with Crippen LogP contribution in [0.15, 0.2) is 67.0 Å². The molecule has 2 aliphatic rings. The van der Waals surface area contributed by atoms with Crippen molar-refractivity contribution in [3.8, 4) is 0 Å². The van der Waals surface area contributed by atoms with E-state index < -0.39 is 36.4 Å². The summed E-state index contributed by atoms with van der Waals surface area (Å²) in [7, 11) is 0. The lowest BCUT2D eigenvalue weighted by Crippen LogP contribution is -2.42. The Labute approximate surface area is 292 Å². The van der Waals surface area contributed by atoms with E-state index in [1.165, 1.54) is 10.9 Å². The molecule has 2 aromatic carbocycles. The van der Waals surface area contributed by atoms with Crippen molar-refractivity contribution in [3.63, 3.8) is 0 Å². The molecule has 2 fully saturated rings. The molecule has 13 nitrogen and oxygen atoms in total. The Kier molecular flexibility index (Phi) is 11.4. The van der Waals surface area contributed by atoms with Crippen LogP contribution in [0.3, 0.4) is 0 Å². The number of fused-ring (bicyclic) bond motifs is 1. The van der Waals surface area contributed by atoms with Gasteiger partial charge in [0.2, 0.25) is 5.82 Å². The lowest BCUT2D eigenvalue weighted by atomic mass is 9.91. The minimum Gasteiger partial charge on any atom is -0.387 e. The number of anilines is 1. The van der Waals surface area contributed by atoms with Crippen LogP contribution in [0.4, 0.5) is 5.82 Å². The average Bonchev–Trinajstić information content (AvgIpc) is 3.69. The molecule has 266 valence electrons. The van der Waals surface area contributed by atoms with Crippen LogP contribution in [0.5, 0.6) is 0 Å². The number of carbonyl (C=O) groups excluding carboxylic acids is 2. The standard InChI is InChI=1S/C37H48N8O5/c1-4-38-35(48)31-29(46)30(47)37(50-31)45-22-41-28-32(40-21-27(25-11-7-5-8-12-25)26-13-9-6-10-14-26)42-33(43-34(28)45)36(49)39-18-15-24-16-19-44(20-17-24)23(2)3/h5-14,22-24,27,29-31,37,46-47H,4,15-21H2,1-3H3,(H,38,48)(H,39,49)(H,40,42,43)/t29-,30+,31-,37+/m0/s1. The van der Waals surface area contributed by atoms with Gasteiger partial charge in [0.1, 0.15) is 12.2 Å². The molecule has 6 rings (SSSR count). The molecule has 4 heterocycles. The summed E-state index contributed by atoms with van der Waals surface area (Å²) in [5.41, 5.74) is 2.78. The predicted molar refractivity (Wildman–Crippen MR) is 190 cm³/mol. The summed E-state index contributed by atoms with van der Waals surface area (Å²) >= 11 is 0. The molecule has 0 aliphatic carbocycles. The highest BCUT2D eigenvalue weighted by atomic mass is 16.6. The second-order valence-corrected chi connectivity index (χ2v) is 13.4. The second-order valence-electron chi connectivity index (χ2n) is 13.4. The molecule has 50 heavy (non-hydrogen) atoms. The average molecular weight is 685 g/mol. The molecular formula is C37H48N8O5. The zero-order valence-corrected chi connectivity index (χ0v) is 28.9. The lowest BCUT2D eigenvalue weighted by molar-refractivity contribution is -0.137. The summed E-state index contributed by atoms with van der Waals surface area (Å²) < 4.78 is 7.33. The maximum atomic E-state index is 13.6. The van der Waals surface area contributed by atoms with Crippen LogP contribution in [0.1, 0.15) is 73.9 Å². The van der Waals surface area contributed by atoms with Gasteiger partial charge in [-0.05, 0) is 70.2 Å². The van der Waals surface area contributed by atoms with Gasteiger partial charge in [-0.2, -0.15) is 0 Å². The molecule has 4 atom stereocenters. The highest BCUT2D eigenvalue weighted by Crippen LogP contribution is 2.33. The number of hydrogen-bond acceptors (Lipinski definition) is 10. The molecular weight excluding hydrogens is 636 g/mol. The number of aliphatic hydroxyl groups excluding tert-OH is 2. The smallest absolute Gasteiger partial charge is 0.289 e. The van der Waals surface area contributed by atoms with Crippen molar-refractivity contribution >= 4 is 28.8 Å². The first-order valence-electron chi connectivity index (χ1n) is 17.6. The fourth-order valence-electron chi connectivity index (χ4n) is 6.93. The number of aromatic nitrogens is 4. The van der Waals surface area contributed by atoms with Gasteiger partial charge in [-0.15, -0.1) is 0 Å². The van der Waals surface area contributed by atoms with Gasteiger partial charge >= 0.3 is 0 Å². The van der Waals surface area contributed by atoms with Crippen LogP contribution in [0.2, 0.25) is 0 Å². The lowest BCUT2D eigenvalue weighted by Gasteiger charge is -2.34. The number of benzene rings is 2. The van der Waals surface area contributed by atoms with Crippen molar-refractivity contribution in [2.75, 3.05) is 38.0 Å². The first kappa shape index (κ1) is 35.4. The van der Waals surface area contributed by atoms with Crippen LogP contribution < -0.4 is 16.0 Å². The Balaban J connectivity index is 1.27. The molecule has 0 bridgehead atoms. The van der Waals surface area contributed by atoms with Gasteiger partial charge in [-0.25, -0.2) is 15.0 Å². The first-order valence-corrected chi connectivity index (χ1v) is 17.6. The molecule has 0 saturated carbocycles. The van der Waals surface area contributed by atoms with Crippen molar-refractivity contribution in [1.82, 2.24) is 35.1 Å². The summed E-state index contributed by atoms with van der Waals surface area (Å²) in [5.74, 6) is -0.211. The Hall–Kier alpha value is -4.43. The summed E-state index contributed by atoms with van der Waals surface area (Å²) in [6.45, 7) is 9.58. The fraction of sp³-hybridized carbons (Fsp3) is 0.486. The highest BCUT2D eigenvalue weighted by molar-refractivity contribution is 5.94. The molecule has 13 heteroatoms. The Morgan fingerprint density at radius 3 is 2.22 bits per heavy atom. The van der Waals surface area contributed by atoms with Crippen LogP contribution in [-0.2, 0) is 9.53 Å². The highest BCUT2D eigenvalue weighted by Gasteiger charge is 2.47. The number of ether oxygens (including phenoxy) is 1. The van der Waals surface area contributed by atoms with Crippen molar-refractivity contribution < 1.29 is 24.5 Å². The number of rotatable bonds is 13. The molecule has 0 spiro atoms. The van der Waals surface area contributed by atoms with E-state index in [0.717, 1.165) is 43.5 Å². The van der Waals surface area contributed by atoms with E-state index in [1.807, 2.05) is 36.4 Å². The summed E-state index contributed by atoms with van der Waals surface area (Å²) in [5, 5.41) is 30.8. The summed E-state index contributed by atoms with van der Waals surface area (Å²) in [4.78, 5) is 42.5. The number of amides is 2. The number of hydrogen-bond donors (Lipinski definition) is 5. The van der Waals surface area contributed by atoms with Gasteiger partial charge < -0.3 is 35.8 Å². The van der Waals surface area contributed by atoms with Crippen molar-refractivity contribution in [2.24, 2.45) is 5.92 Å². The predicted octanol–water partition coefficient (Wildman–Crippen LogP) is 3.07. The van der Waals surface area contributed by atoms with Crippen LogP contribution >= 0.6 is 0 Å². The third kappa shape index (κ3) is 7.81. The van der Waals surface area contributed by atoms with E-state index in [4.69, 9.17) is 4.74 Å². The molecule has 5 N–H and O–H groups in total. The Morgan fingerprint density at radius 2 is 1.60 bits per heavy atom. The van der Waals surface area contributed by atoms with E-state index in [2.05, 4.69) is 73.9 Å². The van der Waals surface area contributed by atoms with Crippen LogP contribution in [0.25, 0.3) is 11.2 Å². The minimum absolute atomic E-state index is 0.0446. The number of aliphatic hydroxyl groups is 2. The number of imidazole rings is 1. The van der Waals surface area contributed by atoms with Crippen molar-refractivity contribution in [3.05, 3.63) is 83.9 Å². The largest absolute Gasteiger partial charge is 0.387 e. The third-order valence-electron chi connectivity index (χ3n) is 9.84.